The monoisotopic (exact) mass is 215 g/mol. The van der Waals surface area contributed by atoms with Gasteiger partial charge < -0.3 is 10.5 Å². The number of nitrogens with two attached hydrogens (primary N) is 1. The lowest BCUT2D eigenvalue weighted by Crippen LogP contribution is -2.40. The SMILES string of the molecule is CCC[C@H](N)C(=O)[N]C(=O)OC(C)(C)C. The van der Waals surface area contributed by atoms with E-state index in [2.05, 4.69) is 5.32 Å². The Morgan fingerprint density at radius 2 is 1.93 bits per heavy atom. The molecule has 5 heteroatoms. The molecule has 1 radical (unpaired) electrons. The van der Waals surface area contributed by atoms with Gasteiger partial charge in [0.05, 0.1) is 6.04 Å². The average molecular weight is 215 g/mol. The molecule has 87 valence electrons. The normalized spacial score (nSPS) is 13.1. The van der Waals surface area contributed by atoms with Crippen molar-refractivity contribution in [3.05, 3.63) is 0 Å². The first kappa shape index (κ1) is 13.9. The molecule has 0 bridgehead atoms. The van der Waals surface area contributed by atoms with Crippen molar-refractivity contribution in [2.75, 3.05) is 0 Å². The molecular weight excluding hydrogens is 196 g/mol. The molecule has 0 saturated carbocycles. The van der Waals surface area contributed by atoms with Gasteiger partial charge in [-0.3, -0.25) is 4.79 Å². The van der Waals surface area contributed by atoms with Gasteiger partial charge >= 0.3 is 6.09 Å². The summed E-state index contributed by atoms with van der Waals surface area (Å²) in [6.07, 6.45) is 0.418. The van der Waals surface area contributed by atoms with Gasteiger partial charge in [-0.1, -0.05) is 13.3 Å². The number of imide groups is 1. The fourth-order valence-electron chi connectivity index (χ4n) is 0.892. The maximum Gasteiger partial charge on any atom is 0.437 e. The first-order valence-corrected chi connectivity index (χ1v) is 5.00. The number of carbonyl (C=O) groups excluding carboxylic acids is 2. The first-order chi connectivity index (χ1) is 6.76. The molecule has 0 aromatic heterocycles. The van der Waals surface area contributed by atoms with Crippen LogP contribution in [0.2, 0.25) is 0 Å². The summed E-state index contributed by atoms with van der Waals surface area (Å²) in [7, 11) is 0. The molecule has 0 aromatic carbocycles. The molecule has 0 rings (SSSR count). The number of hydrogen-bond donors (Lipinski definition) is 1. The molecule has 0 unspecified atom stereocenters. The predicted octanol–water partition coefficient (Wildman–Crippen LogP) is 1.18. The lowest BCUT2D eigenvalue weighted by atomic mass is 10.2. The molecule has 2 N–H and O–H groups in total. The number of amides is 2. The highest BCUT2D eigenvalue weighted by atomic mass is 16.6. The minimum absolute atomic E-state index is 0.519. The Kier molecular flexibility index (Phi) is 5.28. The summed E-state index contributed by atoms with van der Waals surface area (Å²) >= 11 is 0. The molecule has 0 heterocycles. The van der Waals surface area contributed by atoms with Gasteiger partial charge in [0, 0.05) is 0 Å². The van der Waals surface area contributed by atoms with Gasteiger partial charge in [0.15, 0.2) is 0 Å². The number of nitrogens with zero attached hydrogens (tertiary/aromatic N) is 1. The number of carbonyl (C=O) groups is 2. The third-order valence-electron chi connectivity index (χ3n) is 1.51. The zero-order valence-corrected chi connectivity index (χ0v) is 9.74. The smallest absolute Gasteiger partial charge is 0.437 e. The van der Waals surface area contributed by atoms with Crippen molar-refractivity contribution < 1.29 is 14.3 Å². The Hall–Kier alpha value is -1.10. The van der Waals surface area contributed by atoms with Crippen LogP contribution in [0, 0.1) is 0 Å². The Labute approximate surface area is 90.4 Å². The summed E-state index contributed by atoms with van der Waals surface area (Å²) in [6.45, 7) is 7.02. The van der Waals surface area contributed by atoms with Crippen LogP contribution in [0.4, 0.5) is 4.79 Å². The Morgan fingerprint density at radius 1 is 1.40 bits per heavy atom. The van der Waals surface area contributed by atoms with E-state index in [4.69, 9.17) is 10.5 Å². The molecule has 0 aliphatic heterocycles. The maximum atomic E-state index is 11.2. The molecule has 0 spiro atoms. The van der Waals surface area contributed by atoms with Gasteiger partial charge in [-0.2, -0.15) is 0 Å². The van der Waals surface area contributed by atoms with Crippen molar-refractivity contribution in [2.45, 2.75) is 52.2 Å². The van der Waals surface area contributed by atoms with Crippen molar-refractivity contribution in [1.29, 1.82) is 0 Å². The molecule has 15 heavy (non-hydrogen) atoms. The summed E-state index contributed by atoms with van der Waals surface area (Å²) in [4.78, 5) is 22.3. The highest BCUT2D eigenvalue weighted by Crippen LogP contribution is 2.07. The largest absolute Gasteiger partial charge is 0.442 e. The third kappa shape index (κ3) is 6.90. The molecule has 0 aliphatic carbocycles. The highest BCUT2D eigenvalue weighted by molar-refractivity contribution is 5.94. The van der Waals surface area contributed by atoms with E-state index in [1.165, 1.54) is 0 Å². The minimum atomic E-state index is -0.876. The van der Waals surface area contributed by atoms with Crippen LogP contribution in [-0.2, 0) is 9.53 Å². The van der Waals surface area contributed by atoms with Gasteiger partial charge in [-0.25, -0.2) is 4.79 Å². The summed E-state index contributed by atoms with van der Waals surface area (Å²) in [5.74, 6) is -0.619. The standard InChI is InChI=1S/C10H19N2O3/c1-5-6-7(11)8(13)12-9(14)15-10(2,3)4/h7H,5-6,11H2,1-4H3/t7-/m0/s1. The minimum Gasteiger partial charge on any atom is -0.442 e. The lowest BCUT2D eigenvalue weighted by Gasteiger charge is -2.18. The van der Waals surface area contributed by atoms with Gasteiger partial charge in [0.2, 0.25) is 0 Å². The molecule has 2 amide bonds. The molecule has 0 saturated heterocycles. The topological polar surface area (TPSA) is 83.5 Å². The Bertz CT molecular complexity index is 233. The van der Waals surface area contributed by atoms with Gasteiger partial charge in [-0.15, -0.1) is 5.32 Å². The van der Waals surface area contributed by atoms with Crippen molar-refractivity contribution in [3.8, 4) is 0 Å². The van der Waals surface area contributed by atoms with Crippen LogP contribution < -0.4 is 11.1 Å². The van der Waals surface area contributed by atoms with E-state index in [9.17, 15) is 9.59 Å². The molecule has 0 aliphatic rings. The molecule has 1 atom stereocenters. The third-order valence-corrected chi connectivity index (χ3v) is 1.51. The van der Waals surface area contributed by atoms with Gasteiger partial charge in [0.1, 0.15) is 5.60 Å². The van der Waals surface area contributed by atoms with Crippen molar-refractivity contribution in [1.82, 2.24) is 5.32 Å². The second kappa shape index (κ2) is 5.70. The number of ether oxygens (including phenoxy) is 1. The number of rotatable bonds is 3. The van der Waals surface area contributed by atoms with Crippen molar-refractivity contribution >= 4 is 12.0 Å². The van der Waals surface area contributed by atoms with Crippen LogP contribution in [0.15, 0.2) is 0 Å². The summed E-state index contributed by atoms with van der Waals surface area (Å²) in [6, 6.07) is -0.706. The van der Waals surface area contributed by atoms with Crippen LogP contribution in [0.25, 0.3) is 0 Å². The number of hydrogen-bond acceptors (Lipinski definition) is 4. The second-order valence-electron chi connectivity index (χ2n) is 4.33. The second-order valence-corrected chi connectivity index (χ2v) is 4.33. The zero-order chi connectivity index (χ0) is 12.1. The van der Waals surface area contributed by atoms with Crippen LogP contribution in [0.5, 0.6) is 0 Å². The lowest BCUT2D eigenvalue weighted by molar-refractivity contribution is -0.122. The van der Waals surface area contributed by atoms with E-state index in [1.807, 2.05) is 6.92 Å². The molecule has 5 nitrogen and oxygen atoms in total. The van der Waals surface area contributed by atoms with Crippen LogP contribution in [-0.4, -0.2) is 23.6 Å². The van der Waals surface area contributed by atoms with E-state index >= 15 is 0 Å². The fourth-order valence-corrected chi connectivity index (χ4v) is 0.892. The Balaban J connectivity index is 4.02. The first-order valence-electron chi connectivity index (χ1n) is 5.00. The summed E-state index contributed by atoms with van der Waals surface area (Å²) < 4.78 is 4.85. The molecular formula is C10H19N2O3. The van der Waals surface area contributed by atoms with E-state index in [-0.39, 0.29) is 0 Å². The van der Waals surface area contributed by atoms with Crippen molar-refractivity contribution in [2.24, 2.45) is 5.73 Å². The van der Waals surface area contributed by atoms with Crippen molar-refractivity contribution in [3.63, 3.8) is 0 Å². The predicted molar refractivity (Wildman–Crippen MR) is 56.3 cm³/mol. The quantitative estimate of drug-likeness (QED) is 0.766. The van der Waals surface area contributed by atoms with Gasteiger partial charge in [0.25, 0.3) is 5.91 Å². The van der Waals surface area contributed by atoms with Gasteiger partial charge in [-0.05, 0) is 27.2 Å². The zero-order valence-electron chi connectivity index (χ0n) is 9.74. The Morgan fingerprint density at radius 3 is 2.33 bits per heavy atom. The van der Waals surface area contributed by atoms with Crippen LogP contribution in [0.1, 0.15) is 40.5 Å². The fraction of sp³-hybridized carbons (Fsp3) is 0.800. The van der Waals surface area contributed by atoms with E-state index in [0.29, 0.717) is 6.42 Å². The molecule has 0 fully saturated rings. The summed E-state index contributed by atoms with van der Waals surface area (Å²) in [5, 5.41) is 3.26. The summed E-state index contributed by atoms with van der Waals surface area (Å²) in [5.41, 5.74) is 4.85. The van der Waals surface area contributed by atoms with Crippen LogP contribution in [0.3, 0.4) is 0 Å². The molecule has 0 aromatic rings. The van der Waals surface area contributed by atoms with E-state index in [1.54, 1.807) is 20.8 Å². The maximum absolute atomic E-state index is 11.2. The highest BCUT2D eigenvalue weighted by Gasteiger charge is 2.22. The average Bonchev–Trinajstić information content (AvgIpc) is 2.00. The van der Waals surface area contributed by atoms with E-state index < -0.39 is 23.6 Å². The van der Waals surface area contributed by atoms with E-state index in [0.717, 1.165) is 6.42 Å². The van der Waals surface area contributed by atoms with Crippen LogP contribution >= 0.6 is 0 Å².